The summed E-state index contributed by atoms with van der Waals surface area (Å²) in [6.07, 6.45) is 2.38. The first-order valence-corrected chi connectivity index (χ1v) is 11.2. The molecule has 1 fully saturated rings. The fraction of sp³-hybridized carbons (Fsp3) is 0.526. The Hall–Kier alpha value is -2.22. The van der Waals surface area contributed by atoms with Gasteiger partial charge in [-0.3, -0.25) is 9.59 Å². The molecule has 1 N–H and O–H groups in total. The second kappa shape index (κ2) is 7.80. The molecule has 0 aliphatic carbocycles. The first-order chi connectivity index (χ1) is 12.8. The van der Waals surface area contributed by atoms with Crippen LogP contribution in [0.4, 0.5) is 5.69 Å². The molecule has 1 aromatic carbocycles. The van der Waals surface area contributed by atoms with Crippen molar-refractivity contribution in [1.29, 1.82) is 0 Å². The fourth-order valence-corrected chi connectivity index (χ4v) is 5.27. The number of anilines is 1. The van der Waals surface area contributed by atoms with Gasteiger partial charge in [0.2, 0.25) is 5.91 Å². The molecule has 2 aliphatic heterocycles. The minimum atomic E-state index is -3.14. The number of amides is 2. The summed E-state index contributed by atoms with van der Waals surface area (Å²) in [6, 6.07) is 5.47. The third kappa shape index (κ3) is 4.21. The van der Waals surface area contributed by atoms with E-state index in [1.807, 2.05) is 32.0 Å². The highest BCUT2D eigenvalue weighted by molar-refractivity contribution is 7.91. The van der Waals surface area contributed by atoms with Crippen molar-refractivity contribution in [2.24, 2.45) is 5.10 Å². The summed E-state index contributed by atoms with van der Waals surface area (Å²) >= 11 is 0. The van der Waals surface area contributed by atoms with Gasteiger partial charge in [-0.2, -0.15) is 5.10 Å². The smallest absolute Gasteiger partial charge is 0.271 e. The normalized spacial score (nSPS) is 21.9. The van der Waals surface area contributed by atoms with Crippen LogP contribution in [0.1, 0.15) is 44.2 Å². The zero-order valence-electron chi connectivity index (χ0n) is 15.7. The lowest BCUT2D eigenvalue weighted by Crippen LogP contribution is -2.42. The van der Waals surface area contributed by atoms with Crippen molar-refractivity contribution >= 4 is 33.1 Å². The van der Waals surface area contributed by atoms with Crippen LogP contribution >= 0.6 is 0 Å². The third-order valence-electron chi connectivity index (χ3n) is 5.11. The quantitative estimate of drug-likeness (QED) is 0.829. The van der Waals surface area contributed by atoms with Crippen molar-refractivity contribution < 1.29 is 18.0 Å². The zero-order valence-corrected chi connectivity index (χ0v) is 16.5. The lowest BCUT2D eigenvalue weighted by molar-refractivity contribution is -0.133. The molecule has 8 heteroatoms. The molecule has 1 saturated heterocycles. The molecule has 3 rings (SSSR count). The van der Waals surface area contributed by atoms with Crippen LogP contribution in [0.15, 0.2) is 23.3 Å². The van der Waals surface area contributed by atoms with Crippen LogP contribution in [0, 0.1) is 0 Å². The van der Waals surface area contributed by atoms with Crippen LogP contribution < -0.4 is 5.32 Å². The molecular formula is C19H25N3O4S. The number of para-hydroxylation sites is 1. The minimum absolute atomic E-state index is 0.0578. The molecule has 0 radical (unpaired) electrons. The Balaban J connectivity index is 1.83. The van der Waals surface area contributed by atoms with Gasteiger partial charge in [-0.1, -0.05) is 32.0 Å². The maximum absolute atomic E-state index is 12.8. The van der Waals surface area contributed by atoms with Crippen molar-refractivity contribution in [3.8, 4) is 0 Å². The Morgan fingerprint density at radius 1 is 1.22 bits per heavy atom. The second-order valence-corrected chi connectivity index (χ2v) is 9.18. The number of benzene rings is 1. The van der Waals surface area contributed by atoms with E-state index < -0.39 is 15.9 Å². The molecule has 27 heavy (non-hydrogen) atoms. The average Bonchev–Trinajstić information content (AvgIpc) is 3.01. The molecule has 2 amide bonds. The van der Waals surface area contributed by atoms with Gasteiger partial charge in [-0.15, -0.1) is 0 Å². The predicted molar refractivity (Wildman–Crippen MR) is 104 cm³/mol. The van der Waals surface area contributed by atoms with E-state index in [4.69, 9.17) is 0 Å². The molecule has 0 aromatic heterocycles. The molecule has 2 heterocycles. The Bertz CT molecular complexity index is 870. The van der Waals surface area contributed by atoms with Crippen LogP contribution in [0.5, 0.6) is 0 Å². The van der Waals surface area contributed by atoms with Gasteiger partial charge in [0.05, 0.1) is 17.5 Å². The van der Waals surface area contributed by atoms with Gasteiger partial charge in [0.25, 0.3) is 5.91 Å². The van der Waals surface area contributed by atoms with Crippen molar-refractivity contribution in [3.63, 3.8) is 0 Å². The fourth-order valence-electron chi connectivity index (χ4n) is 3.58. The summed E-state index contributed by atoms with van der Waals surface area (Å²) in [4.78, 5) is 25.0. The first kappa shape index (κ1) is 19.5. The average molecular weight is 391 g/mol. The van der Waals surface area contributed by atoms with E-state index in [9.17, 15) is 18.0 Å². The molecule has 0 saturated carbocycles. The number of nitrogens with one attached hydrogen (secondary N) is 1. The molecule has 0 unspecified atom stereocenters. The number of aryl methyl sites for hydroxylation is 2. The van der Waals surface area contributed by atoms with Gasteiger partial charge in [0.1, 0.15) is 5.71 Å². The maximum atomic E-state index is 12.8. The lowest BCUT2D eigenvalue weighted by atomic mass is 10.0. The van der Waals surface area contributed by atoms with Gasteiger partial charge in [-0.25, -0.2) is 13.4 Å². The second-order valence-electron chi connectivity index (χ2n) is 6.95. The monoisotopic (exact) mass is 391 g/mol. The highest BCUT2D eigenvalue weighted by Crippen LogP contribution is 2.25. The standard InChI is InChI=1S/C19H25N3O4S/c1-3-13-6-5-7-14(4-2)18(13)20-19(24)16-8-9-17(23)22(21-16)15-10-11-27(25,26)12-15/h5-7,15H,3-4,8-12H2,1-2H3,(H,20,24)/t15-/m1/s1. The van der Waals surface area contributed by atoms with E-state index in [0.29, 0.717) is 6.42 Å². The Morgan fingerprint density at radius 2 is 1.89 bits per heavy atom. The molecule has 1 atom stereocenters. The number of hydrogen-bond donors (Lipinski definition) is 1. The maximum Gasteiger partial charge on any atom is 0.271 e. The number of nitrogens with zero attached hydrogens (tertiary/aromatic N) is 2. The van der Waals surface area contributed by atoms with E-state index in [0.717, 1.165) is 29.7 Å². The summed E-state index contributed by atoms with van der Waals surface area (Å²) in [5.41, 5.74) is 3.18. The van der Waals surface area contributed by atoms with E-state index in [-0.39, 0.29) is 41.9 Å². The molecule has 0 bridgehead atoms. The molecule has 146 valence electrons. The van der Waals surface area contributed by atoms with E-state index >= 15 is 0 Å². The topological polar surface area (TPSA) is 95.9 Å². The van der Waals surface area contributed by atoms with E-state index in [2.05, 4.69) is 10.4 Å². The highest BCUT2D eigenvalue weighted by atomic mass is 32.2. The summed E-state index contributed by atoms with van der Waals surface area (Å²) in [6.45, 7) is 4.06. The predicted octanol–water partition coefficient (Wildman–Crippen LogP) is 1.92. The minimum Gasteiger partial charge on any atom is -0.320 e. The van der Waals surface area contributed by atoms with Gasteiger partial charge in [-0.05, 0) is 30.4 Å². The Labute approximate surface area is 159 Å². The zero-order chi connectivity index (χ0) is 19.6. The van der Waals surface area contributed by atoms with Crippen molar-refractivity contribution in [3.05, 3.63) is 29.3 Å². The molecule has 1 aromatic rings. The van der Waals surface area contributed by atoms with Crippen molar-refractivity contribution in [1.82, 2.24) is 5.01 Å². The summed E-state index contributed by atoms with van der Waals surface area (Å²) in [5, 5.41) is 8.43. The molecular weight excluding hydrogens is 366 g/mol. The van der Waals surface area contributed by atoms with E-state index in [1.54, 1.807) is 0 Å². The van der Waals surface area contributed by atoms with Gasteiger partial charge < -0.3 is 5.32 Å². The largest absolute Gasteiger partial charge is 0.320 e. The molecule has 2 aliphatic rings. The number of sulfone groups is 1. The van der Waals surface area contributed by atoms with Crippen LogP contribution in [0.3, 0.4) is 0 Å². The lowest BCUT2D eigenvalue weighted by Gasteiger charge is -2.27. The molecule has 7 nitrogen and oxygen atoms in total. The first-order valence-electron chi connectivity index (χ1n) is 9.36. The highest BCUT2D eigenvalue weighted by Gasteiger charge is 2.37. The van der Waals surface area contributed by atoms with E-state index in [1.165, 1.54) is 5.01 Å². The Morgan fingerprint density at radius 3 is 2.44 bits per heavy atom. The SMILES string of the molecule is CCc1cccc(CC)c1NC(=O)C1=NN([C@@H]2CCS(=O)(=O)C2)C(=O)CC1. The van der Waals surface area contributed by atoms with Crippen LogP contribution in [0.25, 0.3) is 0 Å². The Kier molecular flexibility index (Phi) is 5.64. The summed E-state index contributed by atoms with van der Waals surface area (Å²) < 4.78 is 23.4. The number of carbonyl (C=O) groups excluding carboxylic acids is 2. The van der Waals surface area contributed by atoms with Gasteiger partial charge in [0.15, 0.2) is 9.84 Å². The van der Waals surface area contributed by atoms with Crippen molar-refractivity contribution in [2.75, 3.05) is 16.8 Å². The number of hydrazone groups is 1. The number of rotatable bonds is 5. The van der Waals surface area contributed by atoms with Gasteiger partial charge >= 0.3 is 0 Å². The summed E-state index contributed by atoms with van der Waals surface area (Å²) in [5.74, 6) is -0.585. The third-order valence-corrected chi connectivity index (χ3v) is 6.86. The van der Waals surface area contributed by atoms with Crippen LogP contribution in [-0.4, -0.2) is 48.5 Å². The van der Waals surface area contributed by atoms with Crippen LogP contribution in [-0.2, 0) is 32.3 Å². The van der Waals surface area contributed by atoms with Gasteiger partial charge in [0, 0.05) is 18.5 Å². The molecule has 0 spiro atoms. The van der Waals surface area contributed by atoms with Crippen molar-refractivity contribution in [2.45, 2.75) is 52.0 Å². The van der Waals surface area contributed by atoms with Crippen LogP contribution in [0.2, 0.25) is 0 Å². The summed E-state index contributed by atoms with van der Waals surface area (Å²) in [7, 11) is -3.14. The number of carbonyl (C=O) groups is 2. The number of hydrogen-bond acceptors (Lipinski definition) is 5.